The third kappa shape index (κ3) is 4.11. The highest BCUT2D eigenvalue weighted by molar-refractivity contribution is 5.88. The average molecular weight is 251 g/mol. The van der Waals surface area contributed by atoms with E-state index in [-0.39, 0.29) is 6.29 Å². The van der Waals surface area contributed by atoms with E-state index in [9.17, 15) is 30.0 Å². The number of rotatable bonds is 7. The zero-order chi connectivity index (χ0) is 13.7. The first-order valence-corrected chi connectivity index (χ1v) is 4.89. The molecule has 100 valence electrons. The lowest BCUT2D eigenvalue weighted by Gasteiger charge is -2.27. The minimum Gasteiger partial charge on any atom is -0.387 e. The molecule has 7 N–H and O–H groups in total. The molecule has 8 heteroatoms. The highest BCUT2D eigenvalue weighted by atomic mass is 16.4. The molecule has 1 unspecified atom stereocenters. The van der Waals surface area contributed by atoms with E-state index in [1.54, 1.807) is 0 Å². The van der Waals surface area contributed by atoms with Gasteiger partial charge in [0.2, 0.25) is 0 Å². The van der Waals surface area contributed by atoms with Gasteiger partial charge in [0, 0.05) is 0 Å². The van der Waals surface area contributed by atoms with Crippen molar-refractivity contribution in [2.24, 2.45) is 5.73 Å². The van der Waals surface area contributed by atoms with Gasteiger partial charge in [-0.1, -0.05) is 0 Å². The van der Waals surface area contributed by atoms with Gasteiger partial charge in [0.15, 0.2) is 12.1 Å². The normalized spacial score (nSPS) is 22.1. The molecule has 17 heavy (non-hydrogen) atoms. The van der Waals surface area contributed by atoms with Crippen LogP contribution in [0.2, 0.25) is 0 Å². The van der Waals surface area contributed by atoms with Crippen molar-refractivity contribution in [3.8, 4) is 0 Å². The third-order valence-electron chi connectivity index (χ3n) is 2.25. The number of hydrogen-bond donors (Lipinski definition) is 6. The quantitative estimate of drug-likeness (QED) is 0.249. The summed E-state index contributed by atoms with van der Waals surface area (Å²) in [5.41, 5.74) is 5.17. The minimum absolute atomic E-state index is 0.0552. The van der Waals surface area contributed by atoms with E-state index < -0.39 is 42.3 Å². The Labute approximate surface area is 97.3 Å². The van der Waals surface area contributed by atoms with E-state index in [1.165, 1.54) is 6.92 Å². The molecule has 0 aliphatic heterocycles. The van der Waals surface area contributed by atoms with Crippen LogP contribution in [0, 0.1) is 0 Å². The lowest BCUT2D eigenvalue weighted by atomic mass is 9.95. The van der Waals surface area contributed by atoms with Crippen molar-refractivity contribution in [1.82, 2.24) is 0 Å². The van der Waals surface area contributed by atoms with Gasteiger partial charge in [-0.25, -0.2) is 0 Å². The average Bonchev–Trinajstić information content (AvgIpc) is 2.32. The van der Waals surface area contributed by atoms with Crippen molar-refractivity contribution < 1.29 is 35.1 Å². The molecule has 6 atom stereocenters. The molecule has 0 aromatic carbocycles. The fourth-order valence-corrected chi connectivity index (χ4v) is 1.11. The Morgan fingerprint density at radius 1 is 1.06 bits per heavy atom. The van der Waals surface area contributed by atoms with Gasteiger partial charge < -0.3 is 36.1 Å². The number of carbonyl (C=O) groups is 2. The summed E-state index contributed by atoms with van der Waals surface area (Å²) in [6, 6.07) is -1.07. The van der Waals surface area contributed by atoms with Crippen LogP contribution in [-0.4, -0.2) is 74.2 Å². The van der Waals surface area contributed by atoms with E-state index in [2.05, 4.69) is 0 Å². The second-order valence-electron chi connectivity index (χ2n) is 3.73. The van der Waals surface area contributed by atoms with Gasteiger partial charge >= 0.3 is 0 Å². The van der Waals surface area contributed by atoms with Gasteiger partial charge in [-0.05, 0) is 6.92 Å². The molecule has 0 radical (unpaired) electrons. The van der Waals surface area contributed by atoms with Crippen molar-refractivity contribution in [2.75, 3.05) is 0 Å². The fourth-order valence-electron chi connectivity index (χ4n) is 1.11. The molecule has 8 nitrogen and oxygen atoms in total. The van der Waals surface area contributed by atoms with Crippen LogP contribution in [0.25, 0.3) is 0 Å². The van der Waals surface area contributed by atoms with E-state index in [0.717, 1.165) is 0 Å². The van der Waals surface area contributed by atoms with Gasteiger partial charge in [-0.15, -0.1) is 0 Å². The summed E-state index contributed by atoms with van der Waals surface area (Å²) in [6.45, 7) is 1.27. The summed E-state index contributed by atoms with van der Waals surface area (Å²) < 4.78 is 0. The standard InChI is InChI=1S/C9H17NO7/c1-3(10)5(13)7(15)9(17)8(16)6(14)4(12)2-11/h2-4,6-9,12,14-17H,10H2,1H3/t3-,4-,6+,7?,8-,9+/m0/s1. The maximum absolute atomic E-state index is 11.2. The van der Waals surface area contributed by atoms with Crippen LogP contribution in [0.5, 0.6) is 0 Å². The number of nitrogens with two attached hydrogens (primary N) is 1. The molecule has 0 aliphatic rings. The van der Waals surface area contributed by atoms with Crippen LogP contribution in [0.1, 0.15) is 6.92 Å². The topological polar surface area (TPSA) is 161 Å². The van der Waals surface area contributed by atoms with Crippen LogP contribution >= 0.6 is 0 Å². The summed E-state index contributed by atoms with van der Waals surface area (Å²) >= 11 is 0. The SMILES string of the molecule is C[C@H](N)C(=O)C(O)[C@@H](O)[C@@H](O)[C@H](O)[C@@H](O)C=O. The van der Waals surface area contributed by atoms with Crippen LogP contribution in [-0.2, 0) is 9.59 Å². The molecular formula is C9H17NO7. The molecule has 0 aromatic rings. The van der Waals surface area contributed by atoms with Crippen molar-refractivity contribution in [3.05, 3.63) is 0 Å². The first-order valence-electron chi connectivity index (χ1n) is 4.89. The third-order valence-corrected chi connectivity index (χ3v) is 2.25. The lowest BCUT2D eigenvalue weighted by Crippen LogP contribution is -2.53. The van der Waals surface area contributed by atoms with E-state index in [0.29, 0.717) is 0 Å². The number of aldehydes is 1. The van der Waals surface area contributed by atoms with Gasteiger partial charge in [-0.3, -0.25) is 4.79 Å². The molecular weight excluding hydrogens is 234 g/mol. The number of hydrogen-bond acceptors (Lipinski definition) is 8. The number of ketones is 1. The minimum atomic E-state index is -2.06. The number of aliphatic hydroxyl groups is 5. The molecule has 0 aromatic heterocycles. The molecule has 0 heterocycles. The predicted octanol–water partition coefficient (Wildman–Crippen LogP) is -4.09. The second-order valence-corrected chi connectivity index (χ2v) is 3.73. The molecule has 0 rings (SSSR count). The van der Waals surface area contributed by atoms with E-state index in [1.807, 2.05) is 0 Å². The second kappa shape index (κ2) is 6.74. The monoisotopic (exact) mass is 251 g/mol. The highest BCUT2D eigenvalue weighted by Crippen LogP contribution is 2.09. The summed E-state index contributed by atoms with van der Waals surface area (Å²) in [6.07, 6.45) is -10.1. The molecule has 0 amide bonds. The van der Waals surface area contributed by atoms with Crippen molar-refractivity contribution in [2.45, 2.75) is 43.5 Å². The van der Waals surface area contributed by atoms with Gasteiger partial charge in [0.25, 0.3) is 0 Å². The van der Waals surface area contributed by atoms with Crippen LogP contribution in [0.4, 0.5) is 0 Å². The molecule has 0 fully saturated rings. The Kier molecular flexibility index (Phi) is 6.39. The van der Waals surface area contributed by atoms with Gasteiger partial charge in [0.05, 0.1) is 6.04 Å². The lowest BCUT2D eigenvalue weighted by molar-refractivity contribution is -0.155. The first kappa shape index (κ1) is 16.1. The molecule has 0 bridgehead atoms. The predicted molar refractivity (Wildman–Crippen MR) is 54.8 cm³/mol. The zero-order valence-corrected chi connectivity index (χ0v) is 9.17. The summed E-state index contributed by atoms with van der Waals surface area (Å²) in [4.78, 5) is 21.3. The maximum Gasteiger partial charge on any atom is 0.180 e. The Hall–Kier alpha value is -0.900. The van der Waals surface area contributed by atoms with Crippen molar-refractivity contribution >= 4 is 12.1 Å². The molecule has 0 aliphatic carbocycles. The van der Waals surface area contributed by atoms with Gasteiger partial charge in [0.1, 0.15) is 30.5 Å². The molecule has 0 saturated heterocycles. The Morgan fingerprint density at radius 2 is 1.53 bits per heavy atom. The Bertz CT molecular complexity index is 270. The number of aliphatic hydroxyl groups excluding tert-OH is 5. The Balaban J connectivity index is 4.64. The highest BCUT2D eigenvalue weighted by Gasteiger charge is 2.37. The smallest absolute Gasteiger partial charge is 0.180 e. The first-order chi connectivity index (χ1) is 7.73. The van der Waals surface area contributed by atoms with Crippen LogP contribution < -0.4 is 5.73 Å². The summed E-state index contributed by atoms with van der Waals surface area (Å²) in [7, 11) is 0. The van der Waals surface area contributed by atoms with Crippen LogP contribution in [0.15, 0.2) is 0 Å². The van der Waals surface area contributed by atoms with Crippen molar-refractivity contribution in [3.63, 3.8) is 0 Å². The Morgan fingerprint density at radius 3 is 1.88 bits per heavy atom. The van der Waals surface area contributed by atoms with Crippen molar-refractivity contribution in [1.29, 1.82) is 0 Å². The zero-order valence-electron chi connectivity index (χ0n) is 9.17. The number of Topliss-reactive ketones (excluding diaryl/α,β-unsaturated/α-hetero) is 1. The maximum atomic E-state index is 11.2. The molecule has 0 spiro atoms. The van der Waals surface area contributed by atoms with Gasteiger partial charge in [-0.2, -0.15) is 0 Å². The largest absolute Gasteiger partial charge is 0.387 e. The summed E-state index contributed by atoms with van der Waals surface area (Å²) in [5.74, 6) is -0.940. The van der Waals surface area contributed by atoms with Crippen LogP contribution in [0.3, 0.4) is 0 Å². The van der Waals surface area contributed by atoms with E-state index in [4.69, 9.17) is 10.8 Å². The fraction of sp³-hybridized carbons (Fsp3) is 0.778. The molecule has 0 saturated carbocycles. The van der Waals surface area contributed by atoms with E-state index >= 15 is 0 Å². The number of carbonyl (C=O) groups excluding carboxylic acids is 2. The summed E-state index contributed by atoms with van der Waals surface area (Å²) in [5, 5.41) is 46.1.